The molecule has 0 spiro atoms. The first-order valence-electron chi connectivity index (χ1n) is 7.39. The van der Waals surface area contributed by atoms with Crippen molar-refractivity contribution in [2.24, 2.45) is 0 Å². The molecule has 0 heterocycles. The van der Waals surface area contributed by atoms with Gasteiger partial charge in [-0.05, 0) is 23.3 Å². The number of hydrogen-bond acceptors (Lipinski definition) is 3. The van der Waals surface area contributed by atoms with Gasteiger partial charge in [-0.1, -0.05) is 36.4 Å². The summed E-state index contributed by atoms with van der Waals surface area (Å²) in [7, 11) is 1.39. The van der Waals surface area contributed by atoms with Crippen molar-refractivity contribution in [3.8, 4) is 5.75 Å². The number of carbonyl (C=O) groups is 1. The van der Waals surface area contributed by atoms with E-state index in [-0.39, 0.29) is 24.6 Å². The quantitative estimate of drug-likeness (QED) is 0.822. The number of aliphatic hydroxyl groups excluding tert-OH is 1. The lowest BCUT2D eigenvalue weighted by atomic mass is 10.1. The Kier molecular flexibility index (Phi) is 6.11. The largest absolute Gasteiger partial charge is 0.494 e. The Labute approximate surface area is 134 Å². The van der Waals surface area contributed by atoms with Crippen LogP contribution in [0, 0.1) is 5.82 Å². The van der Waals surface area contributed by atoms with E-state index in [0.717, 1.165) is 5.56 Å². The van der Waals surface area contributed by atoms with Gasteiger partial charge >= 0.3 is 0 Å². The summed E-state index contributed by atoms with van der Waals surface area (Å²) in [6.07, 6.45) is -0.133. The van der Waals surface area contributed by atoms with E-state index < -0.39 is 11.9 Å². The zero-order valence-corrected chi connectivity index (χ0v) is 13.0. The topological polar surface area (TPSA) is 58.6 Å². The molecule has 2 aromatic rings. The third kappa shape index (κ3) is 5.38. The van der Waals surface area contributed by atoms with Gasteiger partial charge in [0.25, 0.3) is 0 Å². The third-order valence-electron chi connectivity index (χ3n) is 3.43. The molecule has 23 heavy (non-hydrogen) atoms. The minimum Gasteiger partial charge on any atom is -0.494 e. The Hall–Kier alpha value is -2.40. The van der Waals surface area contributed by atoms with Crippen LogP contribution in [0.5, 0.6) is 5.75 Å². The Bertz CT molecular complexity index is 646. The van der Waals surface area contributed by atoms with Crippen LogP contribution in [0.3, 0.4) is 0 Å². The minimum atomic E-state index is -0.658. The van der Waals surface area contributed by atoms with Gasteiger partial charge in [0.05, 0.1) is 19.6 Å². The third-order valence-corrected chi connectivity index (χ3v) is 3.43. The molecular weight excluding hydrogens is 297 g/mol. The summed E-state index contributed by atoms with van der Waals surface area (Å²) in [5, 5.41) is 12.6. The SMILES string of the molecule is COc1ccc(CC(=O)NCC(O)Cc2ccccc2)cc1F. The molecule has 2 N–H and O–H groups in total. The van der Waals surface area contributed by atoms with E-state index in [4.69, 9.17) is 4.74 Å². The average Bonchev–Trinajstić information content (AvgIpc) is 2.54. The van der Waals surface area contributed by atoms with E-state index in [1.54, 1.807) is 6.07 Å². The number of ether oxygens (including phenoxy) is 1. The average molecular weight is 317 g/mol. The van der Waals surface area contributed by atoms with Gasteiger partial charge in [-0.15, -0.1) is 0 Å². The van der Waals surface area contributed by atoms with E-state index in [1.165, 1.54) is 19.2 Å². The molecule has 4 nitrogen and oxygen atoms in total. The molecule has 0 fully saturated rings. The Morgan fingerprint density at radius 3 is 2.61 bits per heavy atom. The van der Waals surface area contributed by atoms with Crippen LogP contribution in [0.1, 0.15) is 11.1 Å². The number of methoxy groups -OCH3 is 1. The molecule has 0 aromatic heterocycles. The lowest BCUT2D eigenvalue weighted by Crippen LogP contribution is -2.34. The molecule has 0 saturated carbocycles. The summed E-state index contributed by atoms with van der Waals surface area (Å²) in [4.78, 5) is 11.9. The smallest absolute Gasteiger partial charge is 0.224 e. The molecule has 0 bridgehead atoms. The number of rotatable bonds is 7. The van der Waals surface area contributed by atoms with Gasteiger partial charge in [0.2, 0.25) is 5.91 Å². The van der Waals surface area contributed by atoms with Gasteiger partial charge in [-0.3, -0.25) is 4.79 Å². The van der Waals surface area contributed by atoms with Crippen molar-refractivity contribution in [1.29, 1.82) is 0 Å². The molecule has 5 heteroatoms. The Morgan fingerprint density at radius 2 is 1.96 bits per heavy atom. The monoisotopic (exact) mass is 317 g/mol. The predicted octanol–water partition coefficient (Wildman–Crippen LogP) is 2.10. The summed E-state index contributed by atoms with van der Waals surface area (Å²) >= 11 is 0. The molecule has 0 aliphatic heterocycles. The minimum absolute atomic E-state index is 0.0545. The first kappa shape index (κ1) is 17.0. The van der Waals surface area contributed by atoms with Crippen molar-refractivity contribution in [3.63, 3.8) is 0 Å². The predicted molar refractivity (Wildman–Crippen MR) is 85.8 cm³/mol. The molecule has 2 aromatic carbocycles. The Balaban J connectivity index is 1.79. The molecule has 0 aliphatic carbocycles. The molecule has 0 radical (unpaired) electrons. The first-order chi connectivity index (χ1) is 11.1. The number of halogens is 1. The van der Waals surface area contributed by atoms with Gasteiger partial charge in [-0.25, -0.2) is 4.39 Å². The van der Waals surface area contributed by atoms with Crippen LogP contribution in [0.2, 0.25) is 0 Å². The molecule has 1 unspecified atom stereocenters. The molecule has 0 saturated heterocycles. The Morgan fingerprint density at radius 1 is 1.22 bits per heavy atom. The van der Waals surface area contributed by atoms with Crippen LogP contribution in [-0.4, -0.2) is 30.8 Å². The molecule has 1 amide bonds. The summed E-state index contributed by atoms with van der Waals surface area (Å²) in [6.45, 7) is 0.159. The zero-order valence-electron chi connectivity index (χ0n) is 13.0. The van der Waals surface area contributed by atoms with Crippen molar-refractivity contribution >= 4 is 5.91 Å². The fourth-order valence-electron chi connectivity index (χ4n) is 2.26. The fraction of sp³-hybridized carbons (Fsp3) is 0.278. The van der Waals surface area contributed by atoms with Crippen molar-refractivity contribution in [1.82, 2.24) is 5.32 Å². The second-order valence-corrected chi connectivity index (χ2v) is 5.29. The second kappa shape index (κ2) is 8.29. The van der Waals surface area contributed by atoms with E-state index >= 15 is 0 Å². The maximum absolute atomic E-state index is 13.6. The molecule has 122 valence electrons. The molecule has 2 rings (SSSR count). The summed E-state index contributed by atoms with van der Waals surface area (Å²) in [6, 6.07) is 14.0. The normalized spacial score (nSPS) is 11.8. The maximum atomic E-state index is 13.6. The number of hydrogen-bond donors (Lipinski definition) is 2. The maximum Gasteiger partial charge on any atom is 0.224 e. The van der Waals surface area contributed by atoms with Gasteiger partial charge in [0, 0.05) is 13.0 Å². The lowest BCUT2D eigenvalue weighted by Gasteiger charge is -2.12. The van der Waals surface area contributed by atoms with E-state index in [9.17, 15) is 14.3 Å². The number of amides is 1. The highest BCUT2D eigenvalue weighted by atomic mass is 19.1. The van der Waals surface area contributed by atoms with Crippen molar-refractivity contribution in [3.05, 3.63) is 65.5 Å². The molecular formula is C18H20FNO3. The van der Waals surface area contributed by atoms with E-state index in [2.05, 4.69) is 5.32 Å². The standard InChI is InChI=1S/C18H20FNO3/c1-23-17-8-7-14(10-16(17)19)11-18(22)20-12-15(21)9-13-5-3-2-4-6-13/h2-8,10,15,21H,9,11-12H2,1H3,(H,20,22). The van der Waals surface area contributed by atoms with Crippen molar-refractivity contribution in [2.45, 2.75) is 18.9 Å². The highest BCUT2D eigenvalue weighted by molar-refractivity contribution is 5.78. The van der Waals surface area contributed by atoms with Crippen LogP contribution in [0.4, 0.5) is 4.39 Å². The van der Waals surface area contributed by atoms with Gasteiger partial charge in [0.1, 0.15) is 0 Å². The summed E-state index contributed by atoms with van der Waals surface area (Å²) in [5.41, 5.74) is 1.56. The number of carbonyl (C=O) groups excluding carboxylic acids is 1. The van der Waals surface area contributed by atoms with Gasteiger partial charge in [-0.2, -0.15) is 0 Å². The molecule has 0 aliphatic rings. The summed E-state index contributed by atoms with van der Waals surface area (Å²) in [5.74, 6) is -0.615. The molecule has 1 atom stereocenters. The van der Waals surface area contributed by atoms with E-state index in [1.807, 2.05) is 30.3 Å². The highest BCUT2D eigenvalue weighted by Crippen LogP contribution is 2.17. The second-order valence-electron chi connectivity index (χ2n) is 5.29. The summed E-state index contributed by atoms with van der Waals surface area (Å²) < 4.78 is 18.4. The number of benzene rings is 2. The number of aliphatic hydroxyl groups is 1. The van der Waals surface area contributed by atoms with Crippen LogP contribution in [0.15, 0.2) is 48.5 Å². The first-order valence-corrected chi connectivity index (χ1v) is 7.39. The van der Waals surface area contributed by atoms with Crippen LogP contribution >= 0.6 is 0 Å². The van der Waals surface area contributed by atoms with Crippen molar-refractivity contribution in [2.75, 3.05) is 13.7 Å². The highest BCUT2D eigenvalue weighted by Gasteiger charge is 2.10. The fourth-order valence-corrected chi connectivity index (χ4v) is 2.26. The van der Waals surface area contributed by atoms with Gasteiger partial charge < -0.3 is 15.2 Å². The lowest BCUT2D eigenvalue weighted by molar-refractivity contribution is -0.120. The van der Waals surface area contributed by atoms with Crippen LogP contribution in [-0.2, 0) is 17.6 Å². The van der Waals surface area contributed by atoms with Crippen LogP contribution < -0.4 is 10.1 Å². The van der Waals surface area contributed by atoms with E-state index in [0.29, 0.717) is 12.0 Å². The van der Waals surface area contributed by atoms with Crippen LogP contribution in [0.25, 0.3) is 0 Å². The number of nitrogens with one attached hydrogen (secondary N) is 1. The zero-order chi connectivity index (χ0) is 16.7. The van der Waals surface area contributed by atoms with Crippen molar-refractivity contribution < 1.29 is 19.0 Å². The van der Waals surface area contributed by atoms with Gasteiger partial charge in [0.15, 0.2) is 11.6 Å².